The Morgan fingerprint density at radius 3 is 2.88 bits per heavy atom. The van der Waals surface area contributed by atoms with Crippen LogP contribution in [0, 0.1) is 0 Å². The molecule has 1 atom stereocenters. The third kappa shape index (κ3) is 4.20. The van der Waals surface area contributed by atoms with Crippen molar-refractivity contribution in [2.24, 2.45) is 5.84 Å². The van der Waals surface area contributed by atoms with Crippen LogP contribution in [-0.2, 0) is 4.79 Å². The Bertz CT molecular complexity index is 358. The van der Waals surface area contributed by atoms with Crippen LogP contribution in [0.25, 0.3) is 0 Å². The Balaban J connectivity index is 2.43. The van der Waals surface area contributed by atoms with E-state index < -0.39 is 0 Å². The van der Waals surface area contributed by atoms with Gasteiger partial charge in [0.2, 0.25) is 5.91 Å². The van der Waals surface area contributed by atoms with Gasteiger partial charge in [0.1, 0.15) is 5.75 Å². The molecule has 0 spiro atoms. The van der Waals surface area contributed by atoms with Crippen molar-refractivity contribution in [2.45, 2.75) is 25.9 Å². The van der Waals surface area contributed by atoms with Crippen molar-refractivity contribution in [3.05, 3.63) is 28.7 Å². The molecule has 0 saturated carbocycles. The largest absolute Gasteiger partial charge is 0.490 e. The van der Waals surface area contributed by atoms with Gasteiger partial charge in [-0.15, -0.1) is 0 Å². The van der Waals surface area contributed by atoms with E-state index in [9.17, 15) is 4.79 Å². The second-order valence-corrected chi connectivity index (χ2v) is 4.32. The van der Waals surface area contributed by atoms with Gasteiger partial charge in [-0.1, -0.05) is 12.1 Å². The van der Waals surface area contributed by atoms with Crippen molar-refractivity contribution < 1.29 is 9.53 Å². The van der Waals surface area contributed by atoms with Gasteiger partial charge in [0.25, 0.3) is 0 Å². The maximum absolute atomic E-state index is 10.9. The first kappa shape index (κ1) is 13.0. The summed E-state index contributed by atoms with van der Waals surface area (Å²) in [6.07, 6.45) is 0.961. The van der Waals surface area contributed by atoms with Gasteiger partial charge >= 0.3 is 0 Å². The third-order valence-electron chi connectivity index (χ3n) is 2.10. The van der Waals surface area contributed by atoms with E-state index in [4.69, 9.17) is 10.6 Å². The molecule has 4 nitrogen and oxygen atoms in total. The fourth-order valence-electron chi connectivity index (χ4n) is 1.22. The average Bonchev–Trinajstić information content (AvgIpc) is 2.29. The maximum atomic E-state index is 10.9. The number of para-hydroxylation sites is 1. The highest BCUT2D eigenvalue weighted by molar-refractivity contribution is 9.10. The Morgan fingerprint density at radius 2 is 2.25 bits per heavy atom. The number of amides is 1. The molecule has 0 radical (unpaired) electrons. The lowest BCUT2D eigenvalue weighted by molar-refractivity contribution is -0.121. The molecule has 0 aliphatic heterocycles. The highest BCUT2D eigenvalue weighted by Crippen LogP contribution is 2.25. The topological polar surface area (TPSA) is 64.4 Å². The number of ether oxygens (including phenoxy) is 1. The molecule has 1 aromatic rings. The number of nitrogens with two attached hydrogens (primary N) is 1. The second-order valence-electron chi connectivity index (χ2n) is 3.47. The Labute approximate surface area is 103 Å². The zero-order chi connectivity index (χ0) is 12.0. The Kier molecular flexibility index (Phi) is 5.28. The van der Waals surface area contributed by atoms with Gasteiger partial charge in [0.05, 0.1) is 10.6 Å². The molecule has 0 aliphatic carbocycles. The zero-order valence-corrected chi connectivity index (χ0v) is 10.7. The van der Waals surface area contributed by atoms with Crippen LogP contribution in [0.3, 0.4) is 0 Å². The van der Waals surface area contributed by atoms with Gasteiger partial charge in [-0.2, -0.15) is 0 Å². The average molecular weight is 287 g/mol. The van der Waals surface area contributed by atoms with Gasteiger partial charge < -0.3 is 4.74 Å². The number of rotatable bonds is 5. The van der Waals surface area contributed by atoms with Crippen molar-refractivity contribution >= 4 is 21.8 Å². The van der Waals surface area contributed by atoms with E-state index in [1.165, 1.54) is 0 Å². The number of hydrazine groups is 1. The van der Waals surface area contributed by atoms with E-state index in [-0.39, 0.29) is 12.0 Å². The lowest BCUT2D eigenvalue weighted by atomic mass is 10.2. The van der Waals surface area contributed by atoms with Gasteiger partial charge in [0, 0.05) is 6.42 Å². The van der Waals surface area contributed by atoms with Crippen molar-refractivity contribution in [2.75, 3.05) is 0 Å². The molecule has 1 amide bonds. The summed E-state index contributed by atoms with van der Waals surface area (Å²) >= 11 is 3.39. The molecule has 0 heterocycles. The van der Waals surface area contributed by atoms with Gasteiger partial charge in [-0.25, -0.2) is 5.84 Å². The highest BCUT2D eigenvalue weighted by atomic mass is 79.9. The van der Waals surface area contributed by atoms with Crippen molar-refractivity contribution in [3.63, 3.8) is 0 Å². The molecule has 0 fully saturated rings. The lowest BCUT2D eigenvalue weighted by Crippen LogP contribution is -2.30. The number of carbonyl (C=O) groups is 1. The molecular formula is C11H15BrN2O2. The van der Waals surface area contributed by atoms with Gasteiger partial charge in [0.15, 0.2) is 0 Å². The molecule has 0 aliphatic rings. The monoisotopic (exact) mass is 286 g/mol. The summed E-state index contributed by atoms with van der Waals surface area (Å²) in [6.45, 7) is 1.92. The molecule has 1 aromatic carbocycles. The summed E-state index contributed by atoms with van der Waals surface area (Å²) < 4.78 is 6.58. The summed E-state index contributed by atoms with van der Waals surface area (Å²) in [7, 11) is 0. The predicted octanol–water partition coefficient (Wildman–Crippen LogP) is 1.99. The molecule has 88 valence electrons. The molecule has 5 heteroatoms. The minimum atomic E-state index is -0.178. The summed E-state index contributed by atoms with van der Waals surface area (Å²) in [4.78, 5) is 10.9. The SMILES string of the molecule is CC(CCC(=O)NN)Oc1ccccc1Br. The predicted molar refractivity (Wildman–Crippen MR) is 65.8 cm³/mol. The smallest absolute Gasteiger partial charge is 0.234 e. The number of halogens is 1. The molecule has 0 aromatic heterocycles. The van der Waals surface area contributed by atoms with Crippen LogP contribution in [0.5, 0.6) is 5.75 Å². The quantitative estimate of drug-likeness (QED) is 0.494. The van der Waals surface area contributed by atoms with Crippen LogP contribution in [0.2, 0.25) is 0 Å². The van der Waals surface area contributed by atoms with E-state index in [1.807, 2.05) is 31.2 Å². The van der Waals surface area contributed by atoms with Crippen LogP contribution >= 0.6 is 15.9 Å². The van der Waals surface area contributed by atoms with Crippen LogP contribution in [0.1, 0.15) is 19.8 Å². The minimum Gasteiger partial charge on any atom is -0.490 e. The molecule has 3 N–H and O–H groups in total. The summed E-state index contributed by atoms with van der Waals surface area (Å²) in [5, 5.41) is 0. The van der Waals surface area contributed by atoms with Gasteiger partial charge in [-0.3, -0.25) is 10.2 Å². The Hall–Kier alpha value is -1.07. The number of nitrogens with one attached hydrogen (secondary N) is 1. The Morgan fingerprint density at radius 1 is 1.56 bits per heavy atom. The number of hydrogen-bond donors (Lipinski definition) is 2. The van der Waals surface area contributed by atoms with Crippen LogP contribution in [-0.4, -0.2) is 12.0 Å². The maximum Gasteiger partial charge on any atom is 0.234 e. The van der Waals surface area contributed by atoms with E-state index in [0.29, 0.717) is 12.8 Å². The number of carbonyl (C=O) groups excluding carboxylic acids is 1. The second kappa shape index (κ2) is 6.50. The molecule has 0 saturated heterocycles. The zero-order valence-electron chi connectivity index (χ0n) is 9.07. The van der Waals surface area contributed by atoms with Crippen LogP contribution in [0.15, 0.2) is 28.7 Å². The number of benzene rings is 1. The van der Waals surface area contributed by atoms with Gasteiger partial charge in [-0.05, 0) is 41.4 Å². The lowest BCUT2D eigenvalue weighted by Gasteiger charge is -2.15. The van der Waals surface area contributed by atoms with Crippen molar-refractivity contribution in [3.8, 4) is 5.75 Å². The first-order chi connectivity index (χ1) is 7.63. The summed E-state index contributed by atoms with van der Waals surface area (Å²) in [5.74, 6) is 5.59. The summed E-state index contributed by atoms with van der Waals surface area (Å²) in [5.41, 5.74) is 2.09. The third-order valence-corrected chi connectivity index (χ3v) is 2.76. The molecular weight excluding hydrogens is 272 g/mol. The van der Waals surface area contributed by atoms with Crippen LogP contribution < -0.4 is 16.0 Å². The fraction of sp³-hybridized carbons (Fsp3) is 0.364. The summed E-state index contributed by atoms with van der Waals surface area (Å²) in [6, 6.07) is 7.61. The number of hydrogen-bond acceptors (Lipinski definition) is 3. The first-order valence-electron chi connectivity index (χ1n) is 5.04. The van der Waals surface area contributed by atoms with E-state index >= 15 is 0 Å². The van der Waals surface area contributed by atoms with Crippen molar-refractivity contribution in [1.82, 2.24) is 5.43 Å². The fourth-order valence-corrected chi connectivity index (χ4v) is 1.60. The van der Waals surface area contributed by atoms with E-state index in [1.54, 1.807) is 0 Å². The molecule has 1 unspecified atom stereocenters. The highest BCUT2D eigenvalue weighted by Gasteiger charge is 2.08. The molecule has 16 heavy (non-hydrogen) atoms. The van der Waals surface area contributed by atoms with E-state index in [2.05, 4.69) is 21.4 Å². The normalized spacial score (nSPS) is 11.9. The first-order valence-corrected chi connectivity index (χ1v) is 5.83. The van der Waals surface area contributed by atoms with Crippen LogP contribution in [0.4, 0.5) is 0 Å². The molecule has 1 rings (SSSR count). The minimum absolute atomic E-state index is 0.0315. The van der Waals surface area contributed by atoms with E-state index in [0.717, 1.165) is 10.2 Å². The van der Waals surface area contributed by atoms with Crippen molar-refractivity contribution in [1.29, 1.82) is 0 Å². The standard InChI is InChI=1S/C11H15BrN2O2/c1-8(6-7-11(15)14-13)16-10-5-3-2-4-9(10)12/h2-5,8H,6-7,13H2,1H3,(H,14,15). The molecule has 0 bridgehead atoms.